The Kier molecular flexibility index (Phi) is 6.28. The smallest absolute Gasteiger partial charge is 0.224 e. The molecule has 3 N–H and O–H groups in total. The van der Waals surface area contributed by atoms with Crippen LogP contribution in [0.2, 0.25) is 5.02 Å². The van der Waals surface area contributed by atoms with Gasteiger partial charge in [-0.15, -0.1) is 0 Å². The molecule has 4 rings (SSSR count). The summed E-state index contributed by atoms with van der Waals surface area (Å²) < 4.78 is 0. The number of carbonyl (C=O) groups is 3. The maximum Gasteiger partial charge on any atom is 0.224 e. The van der Waals surface area contributed by atoms with E-state index in [9.17, 15) is 19.6 Å². The molecule has 2 amide bonds. The molecule has 1 saturated heterocycles. The lowest BCUT2D eigenvalue weighted by molar-refractivity contribution is -0.127. The summed E-state index contributed by atoms with van der Waals surface area (Å²) in [5, 5.41) is 16.4. The Labute approximate surface area is 185 Å². The number of rotatable bonds is 9. The first-order valence-corrected chi connectivity index (χ1v) is 11.1. The fraction of sp³-hybridized carbons (Fsp3) is 0.478. The highest BCUT2D eigenvalue weighted by Gasteiger charge is 2.33. The first-order chi connectivity index (χ1) is 14.9. The topological polar surface area (TPSA) is 115 Å². The Bertz CT molecular complexity index is 1050. The molecule has 3 atom stereocenters. The number of aromatic nitrogens is 1. The van der Waals surface area contributed by atoms with Crippen molar-refractivity contribution in [2.75, 3.05) is 6.54 Å². The number of ketones is 1. The van der Waals surface area contributed by atoms with Crippen LogP contribution in [0.15, 0.2) is 24.3 Å². The van der Waals surface area contributed by atoms with Crippen LogP contribution in [0.25, 0.3) is 10.9 Å². The minimum atomic E-state index is -0.742. The molecule has 2 aromatic rings. The zero-order valence-electron chi connectivity index (χ0n) is 17.1. The van der Waals surface area contributed by atoms with Crippen molar-refractivity contribution in [3.05, 3.63) is 35.0 Å². The second-order valence-electron chi connectivity index (χ2n) is 8.62. The van der Waals surface area contributed by atoms with Crippen molar-refractivity contribution in [1.82, 2.24) is 15.6 Å². The van der Waals surface area contributed by atoms with Crippen molar-refractivity contribution in [3.63, 3.8) is 0 Å². The SMILES string of the molecule is N#C[C@H](CC1CCNC1=O)NC(=O)[C@@H](CC(=O)c1cc2cc(Cl)ccc2[nH]1)CC1CC1. The molecule has 0 bridgehead atoms. The number of amides is 2. The highest BCUT2D eigenvalue weighted by molar-refractivity contribution is 6.31. The van der Waals surface area contributed by atoms with Crippen LogP contribution in [0.4, 0.5) is 0 Å². The van der Waals surface area contributed by atoms with E-state index in [1.54, 1.807) is 18.2 Å². The summed E-state index contributed by atoms with van der Waals surface area (Å²) >= 11 is 6.03. The molecule has 0 spiro atoms. The fourth-order valence-electron chi connectivity index (χ4n) is 4.21. The van der Waals surface area contributed by atoms with Crippen molar-refractivity contribution in [1.29, 1.82) is 5.26 Å². The Balaban J connectivity index is 1.43. The molecule has 2 aliphatic rings. The zero-order valence-corrected chi connectivity index (χ0v) is 17.9. The molecular formula is C23H25ClN4O3. The van der Waals surface area contributed by atoms with E-state index in [0.717, 1.165) is 23.7 Å². The summed E-state index contributed by atoms with van der Waals surface area (Å²) in [7, 11) is 0. The zero-order chi connectivity index (χ0) is 22.0. The van der Waals surface area contributed by atoms with Gasteiger partial charge in [0.2, 0.25) is 11.8 Å². The molecule has 1 aromatic heterocycles. The normalized spacial score (nSPS) is 20.1. The van der Waals surface area contributed by atoms with Gasteiger partial charge in [-0.1, -0.05) is 24.4 Å². The molecule has 1 aromatic carbocycles. The molecule has 1 aliphatic carbocycles. The summed E-state index contributed by atoms with van der Waals surface area (Å²) in [6, 6.07) is 8.47. The maximum absolute atomic E-state index is 13.0. The number of carbonyl (C=O) groups excluding carboxylic acids is 3. The molecule has 1 saturated carbocycles. The van der Waals surface area contributed by atoms with Crippen molar-refractivity contribution in [2.24, 2.45) is 17.8 Å². The van der Waals surface area contributed by atoms with Gasteiger partial charge < -0.3 is 15.6 Å². The van der Waals surface area contributed by atoms with Gasteiger partial charge in [-0.25, -0.2) is 0 Å². The first kappa shape index (κ1) is 21.4. The maximum atomic E-state index is 13.0. The molecule has 7 nitrogen and oxygen atoms in total. The van der Waals surface area contributed by atoms with Crippen LogP contribution in [0.5, 0.6) is 0 Å². The average molecular weight is 441 g/mol. The number of aromatic amines is 1. The predicted molar refractivity (Wildman–Crippen MR) is 116 cm³/mol. The van der Waals surface area contributed by atoms with Gasteiger partial charge in [0.15, 0.2) is 5.78 Å². The Morgan fingerprint density at radius 1 is 1.23 bits per heavy atom. The standard InChI is InChI=1S/C23H25ClN4O3/c24-17-3-4-19-15(8-17)10-20(28-19)21(29)11-16(7-13-1-2-13)23(31)27-18(12-25)9-14-5-6-26-22(14)30/h3-4,8,10,13-14,16,18,28H,1-2,5-7,9,11H2,(H,26,30)(H,27,31)/t14?,16-,18+/m1/s1. The highest BCUT2D eigenvalue weighted by atomic mass is 35.5. The lowest BCUT2D eigenvalue weighted by Gasteiger charge is -2.19. The van der Waals surface area contributed by atoms with Crippen LogP contribution in [-0.2, 0) is 9.59 Å². The number of hydrogen-bond donors (Lipinski definition) is 3. The Hall–Kier alpha value is -2.85. The first-order valence-electron chi connectivity index (χ1n) is 10.7. The van der Waals surface area contributed by atoms with E-state index in [4.69, 9.17) is 11.6 Å². The molecule has 0 radical (unpaired) electrons. The number of nitrogens with zero attached hydrogens (tertiary/aromatic N) is 1. The van der Waals surface area contributed by atoms with Gasteiger partial charge in [-0.3, -0.25) is 14.4 Å². The van der Waals surface area contributed by atoms with E-state index in [2.05, 4.69) is 21.7 Å². The Morgan fingerprint density at radius 2 is 2.03 bits per heavy atom. The molecular weight excluding hydrogens is 416 g/mol. The number of hydrogen-bond acceptors (Lipinski definition) is 4. The van der Waals surface area contributed by atoms with E-state index < -0.39 is 12.0 Å². The van der Waals surface area contributed by atoms with Gasteiger partial charge in [0.25, 0.3) is 0 Å². The number of fused-ring (bicyclic) bond motifs is 1. The molecule has 2 fully saturated rings. The average Bonchev–Trinajstić information content (AvgIpc) is 3.32. The van der Waals surface area contributed by atoms with Gasteiger partial charge in [0.05, 0.1) is 11.8 Å². The summed E-state index contributed by atoms with van der Waals surface area (Å²) in [6.07, 6.45) is 3.79. The molecule has 31 heavy (non-hydrogen) atoms. The monoisotopic (exact) mass is 440 g/mol. The van der Waals surface area contributed by atoms with E-state index >= 15 is 0 Å². The molecule has 8 heteroatoms. The number of H-pyrrole nitrogens is 1. The second kappa shape index (κ2) is 9.11. The quantitative estimate of drug-likeness (QED) is 0.518. The number of halogens is 1. The number of benzene rings is 1. The van der Waals surface area contributed by atoms with Crippen molar-refractivity contribution in [3.8, 4) is 6.07 Å². The fourth-order valence-corrected chi connectivity index (χ4v) is 4.39. The van der Waals surface area contributed by atoms with E-state index in [-0.39, 0.29) is 29.9 Å². The lowest BCUT2D eigenvalue weighted by atomic mass is 9.93. The summed E-state index contributed by atoms with van der Waals surface area (Å²) in [4.78, 5) is 40.8. The third-order valence-corrected chi connectivity index (χ3v) is 6.39. The second-order valence-corrected chi connectivity index (χ2v) is 9.06. The number of nitriles is 1. The van der Waals surface area contributed by atoms with Crippen LogP contribution in [-0.4, -0.2) is 35.2 Å². The largest absolute Gasteiger partial charge is 0.356 e. The van der Waals surface area contributed by atoms with Crippen LogP contribution in [0.3, 0.4) is 0 Å². The number of nitrogens with one attached hydrogen (secondary N) is 3. The summed E-state index contributed by atoms with van der Waals surface area (Å²) in [6.45, 7) is 0.601. The predicted octanol–water partition coefficient (Wildman–Crippen LogP) is 3.34. The molecule has 2 heterocycles. The summed E-state index contributed by atoms with van der Waals surface area (Å²) in [5.41, 5.74) is 1.26. The Morgan fingerprint density at radius 3 is 2.71 bits per heavy atom. The van der Waals surface area contributed by atoms with Crippen molar-refractivity contribution >= 4 is 40.1 Å². The van der Waals surface area contributed by atoms with Gasteiger partial charge in [0.1, 0.15) is 6.04 Å². The van der Waals surface area contributed by atoms with Gasteiger partial charge in [-0.05, 0) is 49.4 Å². The van der Waals surface area contributed by atoms with Crippen molar-refractivity contribution in [2.45, 2.75) is 44.6 Å². The highest BCUT2D eigenvalue weighted by Crippen LogP contribution is 2.37. The third-order valence-electron chi connectivity index (χ3n) is 6.16. The lowest BCUT2D eigenvalue weighted by Crippen LogP contribution is -2.40. The van der Waals surface area contributed by atoms with E-state index in [1.165, 1.54) is 0 Å². The summed E-state index contributed by atoms with van der Waals surface area (Å²) in [5.74, 6) is -0.805. The van der Waals surface area contributed by atoms with Crippen LogP contribution < -0.4 is 10.6 Å². The number of Topliss-reactive ketones (excluding diaryl/α,β-unsaturated/α-hetero) is 1. The molecule has 1 unspecified atom stereocenters. The minimum absolute atomic E-state index is 0.0712. The molecule has 1 aliphatic heterocycles. The third kappa shape index (κ3) is 5.26. The van der Waals surface area contributed by atoms with Gasteiger partial charge in [0, 0.05) is 40.7 Å². The van der Waals surface area contributed by atoms with E-state index in [1.807, 2.05) is 6.07 Å². The van der Waals surface area contributed by atoms with Crippen molar-refractivity contribution < 1.29 is 14.4 Å². The van der Waals surface area contributed by atoms with Crippen LogP contribution in [0.1, 0.15) is 49.0 Å². The van der Waals surface area contributed by atoms with Gasteiger partial charge >= 0.3 is 0 Å². The van der Waals surface area contributed by atoms with Gasteiger partial charge in [-0.2, -0.15) is 5.26 Å². The molecule has 162 valence electrons. The van der Waals surface area contributed by atoms with Crippen LogP contribution >= 0.6 is 11.6 Å². The van der Waals surface area contributed by atoms with Crippen LogP contribution in [0, 0.1) is 29.1 Å². The van der Waals surface area contributed by atoms with E-state index in [0.29, 0.717) is 42.4 Å². The minimum Gasteiger partial charge on any atom is -0.356 e.